The molecule has 2 heterocycles. The van der Waals surface area contributed by atoms with Gasteiger partial charge in [-0.2, -0.15) is 18.0 Å². The highest BCUT2D eigenvalue weighted by atomic mass is 32.2. The zero-order chi connectivity index (χ0) is 21.8. The first-order valence-electron chi connectivity index (χ1n) is 11.6. The zero-order valence-electron chi connectivity index (χ0n) is 18.6. The summed E-state index contributed by atoms with van der Waals surface area (Å²) in [7, 11) is -4.25. The van der Waals surface area contributed by atoms with Gasteiger partial charge in [0.05, 0.1) is 0 Å². The first-order chi connectivity index (χ1) is 14.4. The van der Waals surface area contributed by atoms with Crippen LogP contribution in [0.3, 0.4) is 0 Å². The molecule has 7 nitrogen and oxygen atoms in total. The fraction of sp³-hybridized carbons (Fsp3) is 0.857. The summed E-state index contributed by atoms with van der Waals surface area (Å²) in [5.74, 6) is 0.214. The third-order valence-corrected chi connectivity index (χ3v) is 7.56. The molecule has 0 aromatic carbocycles. The smallest absolute Gasteiger partial charge is 0.275 e. The van der Waals surface area contributed by atoms with Gasteiger partial charge in [0.15, 0.2) is 5.82 Å². The summed E-state index contributed by atoms with van der Waals surface area (Å²) in [6.45, 7) is 4.09. The summed E-state index contributed by atoms with van der Waals surface area (Å²) < 4.78 is 34.9. The fourth-order valence-electron chi connectivity index (χ4n) is 3.86. The van der Waals surface area contributed by atoms with Crippen LogP contribution in [0.2, 0.25) is 0 Å². The van der Waals surface area contributed by atoms with Crippen molar-refractivity contribution in [2.24, 2.45) is 0 Å². The summed E-state index contributed by atoms with van der Waals surface area (Å²) in [5, 5.41) is 11.9. The lowest BCUT2D eigenvalue weighted by Crippen LogP contribution is -2.16. The third-order valence-electron chi connectivity index (χ3n) is 5.58. The molecule has 0 saturated carbocycles. The van der Waals surface area contributed by atoms with Crippen LogP contribution < -0.4 is 0 Å². The van der Waals surface area contributed by atoms with E-state index < -0.39 is 15.4 Å². The van der Waals surface area contributed by atoms with E-state index in [0.717, 1.165) is 24.3 Å². The first kappa shape index (κ1) is 25.2. The van der Waals surface area contributed by atoms with Crippen LogP contribution in [0.25, 0.3) is 4.96 Å². The first-order valence-corrected chi connectivity index (χ1v) is 13.9. The Morgan fingerprint density at radius 2 is 1.37 bits per heavy atom. The molecule has 0 bridgehead atoms. The Hall–Kier alpha value is -1.06. The monoisotopic (exact) mass is 458 g/mol. The van der Waals surface area contributed by atoms with Crippen LogP contribution in [0, 0.1) is 6.92 Å². The molecule has 0 radical (unpaired) electrons. The average Bonchev–Trinajstić information content (AvgIpc) is 3.23. The van der Waals surface area contributed by atoms with Gasteiger partial charge in [0.25, 0.3) is 10.1 Å². The number of aromatic nitrogens is 4. The molecule has 1 unspecified atom stereocenters. The molecule has 0 spiro atoms. The summed E-state index contributed by atoms with van der Waals surface area (Å²) in [6, 6.07) is 0. The molecular weight excluding hydrogens is 420 g/mol. The molecule has 1 N–H and O–H groups in total. The summed E-state index contributed by atoms with van der Waals surface area (Å²) in [6.07, 6.45) is 17.8. The highest BCUT2D eigenvalue weighted by Crippen LogP contribution is 2.28. The van der Waals surface area contributed by atoms with E-state index in [0.29, 0.717) is 11.4 Å². The molecule has 2 rings (SSSR count). The quantitative estimate of drug-likeness (QED) is 0.221. The highest BCUT2D eigenvalue weighted by molar-refractivity contribution is 7.86. The van der Waals surface area contributed by atoms with Crippen molar-refractivity contribution in [3.8, 4) is 0 Å². The lowest BCUT2D eigenvalue weighted by atomic mass is 10.0. The Morgan fingerprint density at radius 1 is 0.867 bits per heavy atom. The second-order valence-electron chi connectivity index (χ2n) is 8.26. The minimum atomic E-state index is -4.25. The molecule has 0 aliphatic rings. The lowest BCUT2D eigenvalue weighted by Gasteiger charge is -2.11. The topological polar surface area (TPSA) is 97.5 Å². The predicted octanol–water partition coefficient (Wildman–Crippen LogP) is 6.29. The zero-order valence-corrected chi connectivity index (χ0v) is 20.2. The molecular formula is C21H38N4O3S2. The predicted molar refractivity (Wildman–Crippen MR) is 123 cm³/mol. The van der Waals surface area contributed by atoms with Gasteiger partial charge in [-0.15, -0.1) is 10.2 Å². The van der Waals surface area contributed by atoms with Crippen molar-refractivity contribution in [2.75, 3.05) is 0 Å². The second-order valence-corrected chi connectivity index (χ2v) is 11.0. The van der Waals surface area contributed by atoms with Gasteiger partial charge in [0.1, 0.15) is 10.3 Å². The molecule has 30 heavy (non-hydrogen) atoms. The number of hydrogen-bond acceptors (Lipinski definition) is 6. The lowest BCUT2D eigenvalue weighted by molar-refractivity contribution is 0.452. The van der Waals surface area contributed by atoms with E-state index in [1.165, 1.54) is 86.5 Å². The van der Waals surface area contributed by atoms with E-state index in [1.807, 2.05) is 6.92 Å². The van der Waals surface area contributed by atoms with E-state index in [1.54, 1.807) is 0 Å². The number of unbranched alkanes of at least 4 members (excludes halogenated alkanes) is 13. The molecule has 2 aromatic heterocycles. The molecule has 9 heteroatoms. The molecule has 172 valence electrons. The second kappa shape index (κ2) is 13.4. The number of nitrogens with zero attached hydrogens (tertiary/aromatic N) is 4. The SMILES string of the molecule is CCCCCCCCCCCCCCCCC(c1nnc2sc(C)nn12)S(=O)(=O)O. The Kier molecular flexibility index (Phi) is 11.2. The summed E-state index contributed by atoms with van der Waals surface area (Å²) in [4.78, 5) is 0.553. The van der Waals surface area contributed by atoms with E-state index in [-0.39, 0.29) is 5.82 Å². The number of aryl methyl sites for hydroxylation is 1. The highest BCUT2D eigenvalue weighted by Gasteiger charge is 2.30. The Balaban J connectivity index is 1.58. The van der Waals surface area contributed by atoms with Crippen molar-refractivity contribution in [3.05, 3.63) is 10.8 Å². The van der Waals surface area contributed by atoms with Crippen LogP contribution in [0.4, 0.5) is 0 Å². The van der Waals surface area contributed by atoms with Crippen LogP contribution in [0.1, 0.15) is 119 Å². The maximum Gasteiger partial charge on any atom is 0.275 e. The molecule has 0 amide bonds. The average molecular weight is 459 g/mol. The Morgan fingerprint density at radius 3 is 1.87 bits per heavy atom. The van der Waals surface area contributed by atoms with E-state index >= 15 is 0 Å². The molecule has 0 aliphatic heterocycles. The van der Waals surface area contributed by atoms with Gasteiger partial charge in [0, 0.05) is 0 Å². The van der Waals surface area contributed by atoms with Crippen molar-refractivity contribution >= 4 is 26.4 Å². The van der Waals surface area contributed by atoms with Crippen molar-refractivity contribution in [1.82, 2.24) is 19.8 Å². The van der Waals surface area contributed by atoms with Gasteiger partial charge >= 0.3 is 0 Å². The van der Waals surface area contributed by atoms with Crippen LogP contribution in [-0.4, -0.2) is 32.8 Å². The number of rotatable bonds is 17. The Labute approximate surface area is 185 Å². The molecule has 0 aliphatic carbocycles. The summed E-state index contributed by atoms with van der Waals surface area (Å²) in [5.41, 5.74) is 0. The van der Waals surface area contributed by atoms with Crippen LogP contribution >= 0.6 is 11.3 Å². The molecule has 0 fully saturated rings. The standard InChI is InChI=1S/C21H38N4O3S2/c1-3-4-5-6-7-8-9-10-11-12-13-14-15-16-17-19(30(26,27)28)20-22-23-21-25(20)24-18(2)29-21/h19H,3-17H2,1-2H3,(H,26,27,28). The number of hydrogen-bond donors (Lipinski definition) is 1. The Bertz CT molecular complexity index is 833. The van der Waals surface area contributed by atoms with E-state index in [2.05, 4.69) is 22.2 Å². The van der Waals surface area contributed by atoms with E-state index in [9.17, 15) is 13.0 Å². The fourth-order valence-corrected chi connectivity index (χ4v) is 5.43. The van der Waals surface area contributed by atoms with Gasteiger partial charge in [-0.25, -0.2) is 0 Å². The maximum absolute atomic E-state index is 11.9. The van der Waals surface area contributed by atoms with Crippen LogP contribution in [-0.2, 0) is 10.1 Å². The molecule has 2 aromatic rings. The van der Waals surface area contributed by atoms with Crippen molar-refractivity contribution in [2.45, 2.75) is 115 Å². The largest absolute Gasteiger partial charge is 0.285 e. The van der Waals surface area contributed by atoms with Gasteiger partial charge in [0.2, 0.25) is 4.96 Å². The van der Waals surface area contributed by atoms with E-state index in [4.69, 9.17) is 0 Å². The van der Waals surface area contributed by atoms with Gasteiger partial charge in [-0.05, 0) is 13.3 Å². The van der Waals surface area contributed by atoms with Crippen molar-refractivity contribution in [3.63, 3.8) is 0 Å². The number of fused-ring (bicyclic) bond motifs is 1. The molecule has 1 atom stereocenters. The minimum absolute atomic E-state index is 0.214. The minimum Gasteiger partial charge on any atom is -0.285 e. The van der Waals surface area contributed by atoms with Crippen LogP contribution in [0.5, 0.6) is 0 Å². The molecule has 0 saturated heterocycles. The van der Waals surface area contributed by atoms with Gasteiger partial charge in [-0.1, -0.05) is 108 Å². The van der Waals surface area contributed by atoms with Gasteiger partial charge < -0.3 is 0 Å². The normalized spacial score (nSPS) is 13.3. The van der Waals surface area contributed by atoms with Crippen LogP contribution in [0.15, 0.2) is 0 Å². The maximum atomic E-state index is 11.9. The van der Waals surface area contributed by atoms with Gasteiger partial charge in [-0.3, -0.25) is 4.55 Å². The van der Waals surface area contributed by atoms with Crippen molar-refractivity contribution < 1.29 is 13.0 Å². The summed E-state index contributed by atoms with van der Waals surface area (Å²) >= 11 is 1.35. The van der Waals surface area contributed by atoms with Crippen molar-refractivity contribution in [1.29, 1.82) is 0 Å². The third kappa shape index (κ3) is 8.59.